The molecule has 0 bridgehead atoms. The van der Waals surface area contributed by atoms with Crippen LogP contribution in [0.5, 0.6) is 5.75 Å². The summed E-state index contributed by atoms with van der Waals surface area (Å²) in [7, 11) is -4.09. The molecule has 0 radical (unpaired) electrons. The van der Waals surface area contributed by atoms with Crippen LogP contribution in [0.3, 0.4) is 0 Å². The summed E-state index contributed by atoms with van der Waals surface area (Å²) < 4.78 is 30.8. The third-order valence-corrected chi connectivity index (χ3v) is 2.68. The maximum atomic E-state index is 11.1. The van der Waals surface area contributed by atoms with Gasteiger partial charge in [0.05, 0.1) is 5.69 Å². The number of rotatable bonds is 4. The Hall–Kier alpha value is -2.58. The van der Waals surface area contributed by atoms with Crippen LogP contribution in [0.25, 0.3) is 0 Å². The zero-order chi connectivity index (χ0) is 15.1. The smallest absolute Gasteiger partial charge is 0.326 e. The first-order valence-electron chi connectivity index (χ1n) is 5.95. The zero-order valence-corrected chi connectivity index (χ0v) is 11.7. The molecule has 7 nitrogen and oxygen atoms in total. The average Bonchev–Trinajstić information content (AvgIpc) is 2.45. The van der Waals surface area contributed by atoms with E-state index in [2.05, 4.69) is 15.2 Å². The van der Waals surface area contributed by atoms with E-state index in [4.69, 9.17) is 9.88 Å². The Bertz CT molecular complexity index is 703. The van der Waals surface area contributed by atoms with Gasteiger partial charge in [0.25, 0.3) is 0 Å². The van der Waals surface area contributed by atoms with E-state index in [0.29, 0.717) is 11.4 Å². The van der Waals surface area contributed by atoms with Crippen molar-refractivity contribution in [2.45, 2.75) is 0 Å². The number of hydrogen-bond acceptors (Lipinski definition) is 4. The number of hydrazine groups is 1. The molecule has 0 aliphatic heterocycles. The van der Waals surface area contributed by atoms with Crippen molar-refractivity contribution in [1.82, 2.24) is 5.43 Å². The molecule has 0 aliphatic rings. The van der Waals surface area contributed by atoms with E-state index in [9.17, 15) is 8.42 Å². The first-order chi connectivity index (χ1) is 10.0. The maximum Gasteiger partial charge on any atom is 0.326 e. The summed E-state index contributed by atoms with van der Waals surface area (Å²) in [4.78, 5) is 0. The highest BCUT2D eigenvalue weighted by Gasteiger charge is 2.07. The van der Waals surface area contributed by atoms with Crippen LogP contribution in [-0.2, 0) is 10.2 Å². The van der Waals surface area contributed by atoms with Gasteiger partial charge in [-0.05, 0) is 24.3 Å². The third kappa shape index (κ3) is 5.51. The molecule has 8 heteroatoms. The standard InChI is InChI=1S/C13H14N4O3S/c14-21(18,19)17-13(20-12-9-5-2-6-10-12)16-15-11-7-3-1-4-8-11/h1-10,15H,(H,16,17)(H2,14,18,19). The molecule has 0 saturated heterocycles. The van der Waals surface area contributed by atoms with Crippen LogP contribution in [0.2, 0.25) is 0 Å². The average molecular weight is 306 g/mol. The number of ether oxygens (including phenoxy) is 1. The van der Waals surface area contributed by atoms with Crippen molar-refractivity contribution in [3.05, 3.63) is 60.7 Å². The largest absolute Gasteiger partial charge is 0.424 e. The lowest BCUT2D eigenvalue weighted by atomic mass is 10.3. The van der Waals surface area contributed by atoms with Crippen LogP contribution in [0.15, 0.2) is 65.1 Å². The highest BCUT2D eigenvalue weighted by Crippen LogP contribution is 2.09. The van der Waals surface area contributed by atoms with Crippen molar-refractivity contribution >= 4 is 21.9 Å². The summed E-state index contributed by atoms with van der Waals surface area (Å²) >= 11 is 0. The molecule has 0 heterocycles. The summed E-state index contributed by atoms with van der Waals surface area (Å²) in [6.07, 6.45) is 0. The van der Waals surface area contributed by atoms with Gasteiger partial charge in [-0.25, -0.2) is 5.14 Å². The van der Waals surface area contributed by atoms with Crippen LogP contribution in [0.4, 0.5) is 5.69 Å². The Kier molecular flexibility index (Phi) is 4.75. The van der Waals surface area contributed by atoms with E-state index in [1.54, 1.807) is 42.5 Å². The van der Waals surface area contributed by atoms with Crippen LogP contribution in [0, 0.1) is 0 Å². The number of nitrogens with zero attached hydrogens (tertiary/aromatic N) is 1. The summed E-state index contributed by atoms with van der Waals surface area (Å²) in [5.41, 5.74) is 6.03. The molecule has 21 heavy (non-hydrogen) atoms. The summed E-state index contributed by atoms with van der Waals surface area (Å²) in [6.45, 7) is 0. The van der Waals surface area contributed by atoms with E-state index in [0.717, 1.165) is 0 Å². The number of nitrogens with one attached hydrogen (secondary N) is 2. The highest BCUT2D eigenvalue weighted by molar-refractivity contribution is 7.88. The van der Waals surface area contributed by atoms with Gasteiger partial charge in [-0.3, -0.25) is 10.9 Å². The Morgan fingerprint density at radius 1 is 1.00 bits per heavy atom. The molecule has 2 aromatic rings. The van der Waals surface area contributed by atoms with Gasteiger partial charge in [-0.1, -0.05) is 40.8 Å². The molecular weight excluding hydrogens is 292 g/mol. The number of para-hydroxylation sites is 2. The third-order valence-electron chi connectivity index (χ3n) is 2.26. The molecular formula is C13H14N4O3S. The van der Waals surface area contributed by atoms with E-state index in [1.165, 1.54) is 0 Å². The fourth-order valence-corrected chi connectivity index (χ4v) is 1.74. The maximum absolute atomic E-state index is 11.1. The van der Waals surface area contributed by atoms with E-state index < -0.39 is 10.2 Å². The van der Waals surface area contributed by atoms with Gasteiger partial charge in [-0.15, -0.1) is 0 Å². The molecule has 0 aromatic heterocycles. The summed E-state index contributed by atoms with van der Waals surface area (Å²) in [5.74, 6) is 0.419. The van der Waals surface area contributed by atoms with Gasteiger partial charge in [0.2, 0.25) is 0 Å². The Morgan fingerprint density at radius 2 is 1.57 bits per heavy atom. The summed E-state index contributed by atoms with van der Waals surface area (Å²) in [5, 5.41) is 4.90. The molecule has 0 spiro atoms. The minimum atomic E-state index is -4.09. The Balaban J connectivity index is 2.12. The molecule has 2 rings (SSSR count). The molecule has 0 atom stereocenters. The zero-order valence-electron chi connectivity index (χ0n) is 10.9. The van der Waals surface area contributed by atoms with Gasteiger partial charge < -0.3 is 4.74 Å². The van der Waals surface area contributed by atoms with Gasteiger partial charge in [0, 0.05) is 0 Å². The van der Waals surface area contributed by atoms with Gasteiger partial charge in [0.15, 0.2) is 0 Å². The molecule has 0 amide bonds. The second kappa shape index (κ2) is 6.73. The Labute approximate surface area is 122 Å². The Morgan fingerprint density at radius 3 is 2.14 bits per heavy atom. The normalized spacial score (nSPS) is 11.8. The van der Waals surface area contributed by atoms with Crippen molar-refractivity contribution in [2.75, 3.05) is 5.43 Å². The van der Waals surface area contributed by atoms with Crippen molar-refractivity contribution < 1.29 is 13.2 Å². The van der Waals surface area contributed by atoms with Crippen LogP contribution >= 0.6 is 0 Å². The second-order valence-corrected chi connectivity index (χ2v) is 5.16. The molecule has 110 valence electrons. The number of anilines is 1. The van der Waals surface area contributed by atoms with Crippen molar-refractivity contribution in [3.8, 4) is 5.75 Å². The fraction of sp³-hybridized carbons (Fsp3) is 0. The van der Waals surface area contributed by atoms with Crippen LogP contribution in [0.1, 0.15) is 0 Å². The minimum absolute atomic E-state index is 0.285. The molecule has 0 aliphatic carbocycles. The molecule has 0 unspecified atom stereocenters. The number of amidine groups is 1. The quantitative estimate of drug-likeness (QED) is 0.448. The lowest BCUT2D eigenvalue weighted by molar-refractivity contribution is 0.524. The van der Waals surface area contributed by atoms with Crippen molar-refractivity contribution in [1.29, 1.82) is 0 Å². The molecule has 4 N–H and O–H groups in total. The predicted molar refractivity (Wildman–Crippen MR) is 80.8 cm³/mol. The number of benzene rings is 2. The molecule has 0 fully saturated rings. The topological polar surface area (TPSA) is 106 Å². The lowest BCUT2D eigenvalue weighted by Gasteiger charge is -2.12. The van der Waals surface area contributed by atoms with E-state index >= 15 is 0 Å². The van der Waals surface area contributed by atoms with Gasteiger partial charge >= 0.3 is 16.2 Å². The summed E-state index contributed by atoms with van der Waals surface area (Å²) in [6, 6.07) is 17.4. The van der Waals surface area contributed by atoms with Crippen LogP contribution < -0.4 is 20.7 Å². The highest BCUT2D eigenvalue weighted by atomic mass is 32.2. The number of nitrogens with two attached hydrogens (primary N) is 1. The van der Waals surface area contributed by atoms with E-state index in [-0.39, 0.29) is 6.02 Å². The minimum Gasteiger partial charge on any atom is -0.424 e. The van der Waals surface area contributed by atoms with E-state index in [1.807, 2.05) is 18.2 Å². The van der Waals surface area contributed by atoms with Crippen molar-refractivity contribution in [3.63, 3.8) is 0 Å². The van der Waals surface area contributed by atoms with Crippen LogP contribution in [-0.4, -0.2) is 14.4 Å². The first kappa shape index (κ1) is 14.8. The fourth-order valence-electron chi connectivity index (χ4n) is 1.43. The number of hydrogen-bond donors (Lipinski definition) is 3. The lowest BCUT2D eigenvalue weighted by Crippen LogP contribution is -2.35. The van der Waals surface area contributed by atoms with Gasteiger partial charge in [0.1, 0.15) is 5.75 Å². The second-order valence-electron chi connectivity index (χ2n) is 3.94. The predicted octanol–water partition coefficient (Wildman–Crippen LogP) is 1.24. The van der Waals surface area contributed by atoms with Gasteiger partial charge in [-0.2, -0.15) is 8.42 Å². The SMILES string of the molecule is NS(=O)(=O)/N=C(\NNc1ccccc1)Oc1ccccc1. The molecule has 0 saturated carbocycles. The first-order valence-corrected chi connectivity index (χ1v) is 7.46. The molecule has 2 aromatic carbocycles. The van der Waals surface area contributed by atoms with Crippen molar-refractivity contribution in [2.24, 2.45) is 9.54 Å². The monoisotopic (exact) mass is 306 g/mol.